The molecule has 2 rings (SSSR count). The summed E-state index contributed by atoms with van der Waals surface area (Å²) in [5, 5.41) is 24.0. The van der Waals surface area contributed by atoms with E-state index in [-0.39, 0.29) is 23.5 Å². The van der Waals surface area contributed by atoms with Crippen LogP contribution in [0, 0.1) is 10.1 Å². The van der Waals surface area contributed by atoms with Crippen LogP contribution in [0.1, 0.15) is 22.0 Å². The number of amides is 1. The van der Waals surface area contributed by atoms with E-state index in [0.717, 1.165) is 0 Å². The summed E-state index contributed by atoms with van der Waals surface area (Å²) in [6.07, 6.45) is -0.887. The maximum Gasteiger partial charge on any atom is 0.293 e. The van der Waals surface area contributed by atoms with Gasteiger partial charge in [-0.05, 0) is 5.56 Å². The van der Waals surface area contributed by atoms with Gasteiger partial charge in [0.05, 0.1) is 23.7 Å². The molecule has 138 valence electrons. The molecule has 2 N–H and O–H groups in total. The molecule has 0 aliphatic rings. The normalized spacial score (nSPS) is 11.5. The molecule has 2 aromatic rings. The van der Waals surface area contributed by atoms with Gasteiger partial charge in [-0.3, -0.25) is 14.9 Å². The lowest BCUT2D eigenvalue weighted by Crippen LogP contribution is -2.29. The second-order valence-electron chi connectivity index (χ2n) is 5.83. The van der Waals surface area contributed by atoms with Gasteiger partial charge in [0.1, 0.15) is 11.4 Å². The highest BCUT2D eigenvalue weighted by Crippen LogP contribution is 2.34. The van der Waals surface area contributed by atoms with Gasteiger partial charge in [0.15, 0.2) is 0 Å². The van der Waals surface area contributed by atoms with Crippen molar-refractivity contribution in [3.05, 3.63) is 63.7 Å². The fourth-order valence-electron chi connectivity index (χ4n) is 2.49. The van der Waals surface area contributed by atoms with E-state index in [0.29, 0.717) is 11.3 Å². The summed E-state index contributed by atoms with van der Waals surface area (Å²) in [6.45, 7) is -0.0325. The van der Waals surface area contributed by atoms with E-state index in [2.05, 4.69) is 5.32 Å². The average molecular weight is 359 g/mol. The predicted molar refractivity (Wildman–Crippen MR) is 97.7 cm³/mol. The van der Waals surface area contributed by atoms with Crippen molar-refractivity contribution in [2.75, 3.05) is 32.6 Å². The van der Waals surface area contributed by atoms with Crippen molar-refractivity contribution < 1.29 is 19.6 Å². The zero-order valence-electron chi connectivity index (χ0n) is 14.8. The largest absolute Gasteiger partial charge is 0.496 e. The molecular weight excluding hydrogens is 338 g/mol. The topological polar surface area (TPSA) is 105 Å². The molecule has 1 amide bonds. The Morgan fingerprint density at radius 2 is 1.96 bits per heavy atom. The average Bonchev–Trinajstić information content (AvgIpc) is 2.65. The van der Waals surface area contributed by atoms with Crippen molar-refractivity contribution >= 4 is 17.3 Å². The first-order valence-corrected chi connectivity index (χ1v) is 7.90. The Kier molecular flexibility index (Phi) is 6.13. The SMILES string of the molecule is COc1cc(N(C)C)c([N+](=O)[O-])cc1C(=O)NC[C@@H](O)c1ccccc1. The van der Waals surface area contributed by atoms with E-state index in [4.69, 9.17) is 4.74 Å². The van der Waals surface area contributed by atoms with Crippen LogP contribution < -0.4 is 15.0 Å². The number of aliphatic hydroxyl groups excluding tert-OH is 1. The Bertz CT molecular complexity index is 793. The maximum absolute atomic E-state index is 12.5. The molecule has 0 aliphatic heterocycles. The Labute approximate surface area is 151 Å². The minimum atomic E-state index is -0.887. The highest BCUT2D eigenvalue weighted by atomic mass is 16.6. The fourth-order valence-corrected chi connectivity index (χ4v) is 2.49. The highest BCUT2D eigenvalue weighted by molar-refractivity contribution is 5.98. The van der Waals surface area contributed by atoms with Crippen molar-refractivity contribution in [1.82, 2.24) is 5.32 Å². The van der Waals surface area contributed by atoms with Gasteiger partial charge in [-0.25, -0.2) is 0 Å². The van der Waals surface area contributed by atoms with Crippen molar-refractivity contribution in [2.45, 2.75) is 6.10 Å². The first kappa shape index (κ1) is 19.2. The standard InChI is InChI=1S/C18H21N3O5/c1-20(2)14-10-17(26-3)13(9-15(14)21(24)25)18(23)19-11-16(22)12-7-5-4-6-8-12/h4-10,16,22H,11H2,1-3H3,(H,19,23)/t16-/m1/s1. The molecule has 2 aromatic carbocycles. The van der Waals surface area contributed by atoms with Crippen LogP contribution in [0.5, 0.6) is 5.75 Å². The second-order valence-corrected chi connectivity index (χ2v) is 5.83. The minimum Gasteiger partial charge on any atom is -0.496 e. The van der Waals surface area contributed by atoms with Crippen LogP contribution in [0.15, 0.2) is 42.5 Å². The van der Waals surface area contributed by atoms with Gasteiger partial charge in [0.25, 0.3) is 11.6 Å². The molecule has 0 fully saturated rings. The van der Waals surface area contributed by atoms with Crippen molar-refractivity contribution in [1.29, 1.82) is 0 Å². The zero-order chi connectivity index (χ0) is 19.3. The quantitative estimate of drug-likeness (QED) is 0.580. The van der Waals surface area contributed by atoms with Crippen LogP contribution in [0.4, 0.5) is 11.4 Å². The summed E-state index contributed by atoms with van der Waals surface area (Å²) in [5.74, 6) is -0.351. The van der Waals surface area contributed by atoms with Gasteiger partial charge >= 0.3 is 0 Å². The first-order valence-electron chi connectivity index (χ1n) is 7.90. The number of benzene rings is 2. The third-order valence-corrected chi connectivity index (χ3v) is 3.86. The highest BCUT2D eigenvalue weighted by Gasteiger charge is 2.24. The molecule has 1 atom stereocenters. The number of methoxy groups -OCH3 is 1. The lowest BCUT2D eigenvalue weighted by atomic mass is 10.1. The van der Waals surface area contributed by atoms with Crippen LogP contribution in [0.2, 0.25) is 0 Å². The van der Waals surface area contributed by atoms with Gasteiger partial charge in [-0.2, -0.15) is 0 Å². The number of anilines is 1. The summed E-state index contributed by atoms with van der Waals surface area (Å²) in [4.78, 5) is 24.8. The Morgan fingerprint density at radius 3 is 2.50 bits per heavy atom. The lowest BCUT2D eigenvalue weighted by molar-refractivity contribution is -0.384. The molecule has 26 heavy (non-hydrogen) atoms. The van der Waals surface area contributed by atoms with Crippen molar-refractivity contribution in [3.63, 3.8) is 0 Å². The summed E-state index contributed by atoms with van der Waals surface area (Å²) >= 11 is 0. The van der Waals surface area contributed by atoms with Gasteiger partial charge in [-0.1, -0.05) is 30.3 Å². The third kappa shape index (κ3) is 4.28. The third-order valence-electron chi connectivity index (χ3n) is 3.86. The van der Waals surface area contributed by atoms with E-state index in [9.17, 15) is 20.0 Å². The van der Waals surface area contributed by atoms with E-state index < -0.39 is 16.9 Å². The Hall–Kier alpha value is -3.13. The molecular formula is C18H21N3O5. The molecule has 0 aromatic heterocycles. The van der Waals surface area contributed by atoms with Gasteiger partial charge < -0.3 is 20.1 Å². The number of aliphatic hydroxyl groups is 1. The Balaban J connectivity index is 2.24. The molecule has 0 heterocycles. The molecule has 0 aliphatic carbocycles. The van der Waals surface area contributed by atoms with Crippen LogP contribution in [-0.2, 0) is 0 Å². The number of rotatable bonds is 7. The van der Waals surface area contributed by atoms with Crippen LogP contribution in [-0.4, -0.2) is 43.7 Å². The van der Waals surface area contributed by atoms with E-state index >= 15 is 0 Å². The molecule has 8 heteroatoms. The number of hydrogen-bond acceptors (Lipinski definition) is 6. The van der Waals surface area contributed by atoms with E-state index in [1.807, 2.05) is 6.07 Å². The zero-order valence-corrected chi connectivity index (χ0v) is 14.8. The number of nitro groups is 1. The number of ether oxygens (including phenoxy) is 1. The lowest BCUT2D eigenvalue weighted by Gasteiger charge is -2.17. The molecule has 0 spiro atoms. The first-order chi connectivity index (χ1) is 12.3. The minimum absolute atomic E-state index is 0.0325. The summed E-state index contributed by atoms with van der Waals surface area (Å²) in [7, 11) is 4.71. The monoisotopic (exact) mass is 359 g/mol. The van der Waals surface area contributed by atoms with E-state index in [1.165, 1.54) is 19.2 Å². The molecule has 0 unspecified atom stereocenters. The maximum atomic E-state index is 12.5. The molecule has 8 nitrogen and oxygen atoms in total. The summed E-state index contributed by atoms with van der Waals surface area (Å²) in [6, 6.07) is 11.5. The van der Waals surface area contributed by atoms with Crippen LogP contribution in [0.3, 0.4) is 0 Å². The Morgan fingerprint density at radius 1 is 1.31 bits per heavy atom. The molecule has 0 radical (unpaired) electrons. The van der Waals surface area contributed by atoms with Crippen molar-refractivity contribution in [3.8, 4) is 5.75 Å². The fraction of sp³-hybridized carbons (Fsp3) is 0.278. The summed E-state index contributed by atoms with van der Waals surface area (Å²) < 4.78 is 5.21. The molecule has 0 bridgehead atoms. The number of carbonyl (C=O) groups is 1. The second kappa shape index (κ2) is 8.30. The molecule has 0 saturated heterocycles. The van der Waals surface area contributed by atoms with Crippen LogP contribution >= 0.6 is 0 Å². The number of nitrogens with zero attached hydrogens (tertiary/aromatic N) is 2. The number of hydrogen-bond donors (Lipinski definition) is 2. The van der Waals surface area contributed by atoms with Gasteiger partial charge in [0, 0.05) is 32.8 Å². The van der Waals surface area contributed by atoms with Crippen molar-refractivity contribution in [2.24, 2.45) is 0 Å². The number of carbonyl (C=O) groups excluding carboxylic acids is 1. The van der Waals surface area contributed by atoms with Gasteiger partial charge in [-0.15, -0.1) is 0 Å². The number of nitrogens with one attached hydrogen (secondary N) is 1. The smallest absolute Gasteiger partial charge is 0.293 e. The van der Waals surface area contributed by atoms with Crippen LogP contribution in [0.25, 0.3) is 0 Å². The van der Waals surface area contributed by atoms with E-state index in [1.54, 1.807) is 43.3 Å². The predicted octanol–water partition coefficient (Wildman–Crippen LogP) is 2.13. The molecule has 0 saturated carbocycles. The number of nitro benzene ring substituents is 1. The van der Waals surface area contributed by atoms with Gasteiger partial charge in [0.2, 0.25) is 0 Å². The summed E-state index contributed by atoms with van der Waals surface area (Å²) in [5.41, 5.74) is 0.816.